The Kier molecular flexibility index (Phi) is 3.82. The highest BCUT2D eigenvalue weighted by molar-refractivity contribution is 6.31. The van der Waals surface area contributed by atoms with Crippen LogP contribution in [0.25, 0.3) is 0 Å². The molecule has 1 heterocycles. The van der Waals surface area contributed by atoms with Crippen LogP contribution in [0, 0.1) is 16.0 Å². The molecule has 2 fully saturated rings. The van der Waals surface area contributed by atoms with Crippen LogP contribution in [0.2, 0.25) is 5.02 Å². The minimum absolute atomic E-state index is 0.00560. The molecule has 0 aromatic heterocycles. The van der Waals surface area contributed by atoms with E-state index in [1.165, 1.54) is 18.2 Å². The number of halogens is 1. The minimum atomic E-state index is -0.575. The van der Waals surface area contributed by atoms with Gasteiger partial charge in [-0.05, 0) is 37.3 Å². The molecule has 1 aromatic carbocycles. The van der Waals surface area contributed by atoms with Gasteiger partial charge in [0, 0.05) is 17.7 Å². The molecule has 7 heteroatoms. The maximum Gasteiger partial charge on any atom is 0.282 e. The van der Waals surface area contributed by atoms with Crippen molar-refractivity contribution in [2.45, 2.75) is 31.4 Å². The number of rotatable bonds is 4. The van der Waals surface area contributed by atoms with Gasteiger partial charge in [-0.25, -0.2) is 0 Å². The maximum atomic E-state index is 12.3. The van der Waals surface area contributed by atoms with E-state index in [1.807, 2.05) is 0 Å². The summed E-state index contributed by atoms with van der Waals surface area (Å²) in [6.07, 6.45) is 3.01. The molecular formula is C14H15ClN2O4. The first-order valence-corrected chi connectivity index (χ1v) is 7.30. The van der Waals surface area contributed by atoms with Crippen molar-refractivity contribution in [3.8, 4) is 0 Å². The lowest BCUT2D eigenvalue weighted by Crippen LogP contribution is -2.41. The number of nitrogens with zero attached hydrogens (tertiary/aromatic N) is 1. The largest absolute Gasteiger partial charge is 0.376 e. The molecule has 1 aliphatic carbocycles. The number of carbonyl (C=O) groups is 1. The van der Waals surface area contributed by atoms with Gasteiger partial charge in [0.05, 0.1) is 17.1 Å². The van der Waals surface area contributed by atoms with Crippen LogP contribution < -0.4 is 5.32 Å². The van der Waals surface area contributed by atoms with Gasteiger partial charge in [-0.1, -0.05) is 11.6 Å². The Bertz CT molecular complexity index is 588. The molecular weight excluding hydrogens is 296 g/mol. The summed E-state index contributed by atoms with van der Waals surface area (Å²) in [4.78, 5) is 22.8. The van der Waals surface area contributed by atoms with Crippen molar-refractivity contribution in [2.24, 2.45) is 5.92 Å². The number of benzene rings is 1. The van der Waals surface area contributed by atoms with Crippen LogP contribution in [0.5, 0.6) is 0 Å². The fourth-order valence-electron chi connectivity index (χ4n) is 2.75. The van der Waals surface area contributed by atoms with Gasteiger partial charge >= 0.3 is 0 Å². The first-order chi connectivity index (χ1) is 10.1. The summed E-state index contributed by atoms with van der Waals surface area (Å²) in [7, 11) is 0. The van der Waals surface area contributed by atoms with E-state index in [2.05, 4.69) is 5.32 Å². The van der Waals surface area contributed by atoms with Crippen LogP contribution in [0.4, 0.5) is 5.69 Å². The number of amides is 1. The van der Waals surface area contributed by atoms with Gasteiger partial charge in [-0.15, -0.1) is 0 Å². The Morgan fingerprint density at radius 2 is 2.14 bits per heavy atom. The molecule has 21 heavy (non-hydrogen) atoms. The molecule has 2 unspecified atom stereocenters. The SMILES string of the molecule is O=C(NC1CCOC1C1CC1)c1cc(Cl)ccc1[N+](=O)[O-]. The van der Waals surface area contributed by atoms with E-state index in [4.69, 9.17) is 16.3 Å². The Morgan fingerprint density at radius 3 is 2.81 bits per heavy atom. The van der Waals surface area contributed by atoms with Crippen molar-refractivity contribution >= 4 is 23.2 Å². The zero-order chi connectivity index (χ0) is 15.0. The van der Waals surface area contributed by atoms with Crippen LogP contribution in [-0.2, 0) is 4.74 Å². The standard InChI is InChI=1S/C14H15ClN2O4/c15-9-3-4-12(17(19)20)10(7-9)14(18)16-11-5-6-21-13(11)8-1-2-8/h3-4,7-8,11,13H,1-2,5-6H2,(H,16,18). The maximum absolute atomic E-state index is 12.3. The first-order valence-electron chi connectivity index (χ1n) is 6.92. The topological polar surface area (TPSA) is 81.5 Å². The summed E-state index contributed by atoms with van der Waals surface area (Å²) in [5.74, 6) is 0.0393. The highest BCUT2D eigenvalue weighted by Crippen LogP contribution is 2.39. The van der Waals surface area contributed by atoms with Crippen LogP contribution in [0.3, 0.4) is 0 Å². The number of nitrogens with one attached hydrogen (secondary N) is 1. The van der Waals surface area contributed by atoms with Crippen molar-refractivity contribution in [3.63, 3.8) is 0 Å². The predicted molar refractivity (Wildman–Crippen MR) is 76.4 cm³/mol. The third kappa shape index (κ3) is 3.01. The lowest BCUT2D eigenvalue weighted by atomic mass is 10.1. The van der Waals surface area contributed by atoms with Gasteiger partial charge in [0.1, 0.15) is 5.56 Å². The highest BCUT2D eigenvalue weighted by atomic mass is 35.5. The molecule has 1 amide bonds. The average Bonchev–Trinajstić information content (AvgIpc) is 3.19. The van der Waals surface area contributed by atoms with Gasteiger partial charge < -0.3 is 10.1 Å². The second-order valence-corrected chi connectivity index (χ2v) is 5.90. The number of hydrogen-bond donors (Lipinski definition) is 1. The van der Waals surface area contributed by atoms with Crippen molar-refractivity contribution in [2.75, 3.05) is 6.61 Å². The molecule has 2 aliphatic rings. The lowest BCUT2D eigenvalue weighted by Gasteiger charge is -2.19. The quantitative estimate of drug-likeness (QED) is 0.684. The van der Waals surface area contributed by atoms with E-state index in [0.717, 1.165) is 19.3 Å². The second kappa shape index (κ2) is 5.61. The van der Waals surface area contributed by atoms with Crippen molar-refractivity contribution < 1.29 is 14.5 Å². The Balaban J connectivity index is 1.78. The normalized spacial score (nSPS) is 24.8. The smallest absolute Gasteiger partial charge is 0.282 e. The third-order valence-electron chi connectivity index (χ3n) is 3.94. The molecule has 1 aromatic rings. The van der Waals surface area contributed by atoms with Gasteiger partial charge in [-0.2, -0.15) is 0 Å². The Labute approximate surface area is 126 Å². The number of nitro groups is 1. The molecule has 0 radical (unpaired) electrons. The number of ether oxygens (including phenoxy) is 1. The molecule has 2 atom stereocenters. The first kappa shape index (κ1) is 14.3. The molecule has 1 saturated heterocycles. The summed E-state index contributed by atoms with van der Waals surface area (Å²) >= 11 is 5.84. The van der Waals surface area contributed by atoms with Gasteiger partial charge in [0.25, 0.3) is 11.6 Å². The molecule has 1 saturated carbocycles. The number of carbonyl (C=O) groups excluding carboxylic acids is 1. The van der Waals surface area contributed by atoms with Gasteiger partial charge in [-0.3, -0.25) is 14.9 Å². The van der Waals surface area contributed by atoms with Crippen molar-refractivity contribution in [3.05, 3.63) is 38.9 Å². The van der Waals surface area contributed by atoms with E-state index in [1.54, 1.807) is 0 Å². The van der Waals surface area contributed by atoms with E-state index < -0.39 is 10.8 Å². The molecule has 0 bridgehead atoms. The van der Waals surface area contributed by atoms with Crippen LogP contribution in [0.15, 0.2) is 18.2 Å². The molecule has 112 valence electrons. The molecule has 0 spiro atoms. The zero-order valence-corrected chi connectivity index (χ0v) is 12.0. The summed E-state index contributed by atoms with van der Waals surface area (Å²) < 4.78 is 5.65. The molecule has 3 rings (SSSR count). The second-order valence-electron chi connectivity index (χ2n) is 5.46. The Morgan fingerprint density at radius 1 is 1.38 bits per heavy atom. The third-order valence-corrected chi connectivity index (χ3v) is 4.17. The fourth-order valence-corrected chi connectivity index (χ4v) is 2.92. The predicted octanol–water partition coefficient (Wildman–Crippen LogP) is 2.55. The fraction of sp³-hybridized carbons (Fsp3) is 0.500. The summed E-state index contributed by atoms with van der Waals surface area (Å²) in [5, 5.41) is 14.2. The van der Waals surface area contributed by atoms with Crippen LogP contribution in [-0.4, -0.2) is 29.6 Å². The summed E-state index contributed by atoms with van der Waals surface area (Å²) in [6, 6.07) is 3.91. The summed E-state index contributed by atoms with van der Waals surface area (Å²) in [6.45, 7) is 0.615. The number of hydrogen-bond acceptors (Lipinski definition) is 4. The number of nitro benzene ring substituents is 1. The molecule has 6 nitrogen and oxygen atoms in total. The van der Waals surface area contributed by atoms with E-state index >= 15 is 0 Å². The average molecular weight is 311 g/mol. The van der Waals surface area contributed by atoms with Crippen LogP contribution in [0.1, 0.15) is 29.6 Å². The monoisotopic (exact) mass is 310 g/mol. The molecule has 1 aliphatic heterocycles. The van der Waals surface area contributed by atoms with Crippen LogP contribution >= 0.6 is 11.6 Å². The summed E-state index contributed by atoms with van der Waals surface area (Å²) in [5.41, 5.74) is -0.243. The molecule has 1 N–H and O–H groups in total. The van der Waals surface area contributed by atoms with Gasteiger partial charge in [0.2, 0.25) is 0 Å². The lowest BCUT2D eigenvalue weighted by molar-refractivity contribution is -0.385. The van der Waals surface area contributed by atoms with Crippen molar-refractivity contribution in [1.82, 2.24) is 5.32 Å². The van der Waals surface area contributed by atoms with Gasteiger partial charge in [0.15, 0.2) is 0 Å². The van der Waals surface area contributed by atoms with Crippen molar-refractivity contribution in [1.29, 1.82) is 0 Å². The minimum Gasteiger partial charge on any atom is -0.376 e. The van der Waals surface area contributed by atoms with E-state index in [9.17, 15) is 14.9 Å². The highest BCUT2D eigenvalue weighted by Gasteiger charge is 2.41. The van der Waals surface area contributed by atoms with E-state index in [0.29, 0.717) is 17.5 Å². The zero-order valence-electron chi connectivity index (χ0n) is 11.3. The van der Waals surface area contributed by atoms with E-state index in [-0.39, 0.29) is 23.4 Å². The Hall–Kier alpha value is -1.66.